The number of rotatable bonds is 5. The third-order valence-electron chi connectivity index (χ3n) is 3.98. The van der Waals surface area contributed by atoms with Crippen molar-refractivity contribution in [3.05, 3.63) is 77.4 Å². The van der Waals surface area contributed by atoms with Crippen LogP contribution in [-0.4, -0.2) is 25.0 Å². The summed E-state index contributed by atoms with van der Waals surface area (Å²) in [5, 5.41) is 9.23. The van der Waals surface area contributed by atoms with E-state index in [9.17, 15) is 4.39 Å². The van der Waals surface area contributed by atoms with Gasteiger partial charge in [0.05, 0.1) is 6.54 Å². The lowest BCUT2D eigenvalue weighted by Gasteiger charge is -2.04. The lowest BCUT2D eigenvalue weighted by Crippen LogP contribution is -2.03. The Morgan fingerprint density at radius 2 is 1.88 bits per heavy atom. The highest BCUT2D eigenvalue weighted by atomic mass is 32.2. The number of hydrogen-bond donors (Lipinski definition) is 0. The second-order valence-corrected chi connectivity index (χ2v) is 6.97. The molecular formula is C19H16FN5S. The van der Waals surface area contributed by atoms with E-state index in [2.05, 4.69) is 51.5 Å². The van der Waals surface area contributed by atoms with Gasteiger partial charge in [0.2, 0.25) is 0 Å². The van der Waals surface area contributed by atoms with Gasteiger partial charge in [0.25, 0.3) is 0 Å². The molecule has 0 saturated heterocycles. The van der Waals surface area contributed by atoms with E-state index < -0.39 is 0 Å². The standard InChI is InChI=1S/C19H16FN5S/c1-13-5-7-14(8-6-13)10-25-18-17(23-24-25)19(22-12-21-18)26-11-15-3-2-4-16(20)9-15/h2-9,12H,10-11H2,1H3. The Balaban J connectivity index is 1.57. The quantitative estimate of drug-likeness (QED) is 0.395. The van der Waals surface area contributed by atoms with Crippen LogP contribution in [0.15, 0.2) is 59.9 Å². The SMILES string of the molecule is Cc1ccc(Cn2nnc3c(SCc4cccc(F)c4)ncnc32)cc1. The average molecular weight is 365 g/mol. The third-order valence-corrected chi connectivity index (χ3v) is 5.03. The maximum atomic E-state index is 13.3. The Kier molecular flexibility index (Phi) is 4.62. The molecule has 0 radical (unpaired) electrons. The fourth-order valence-electron chi connectivity index (χ4n) is 2.63. The Hall–Kier alpha value is -2.80. The summed E-state index contributed by atoms with van der Waals surface area (Å²) in [6.45, 7) is 2.66. The lowest BCUT2D eigenvalue weighted by molar-refractivity contribution is 0.626. The molecule has 0 aliphatic carbocycles. The van der Waals surface area contributed by atoms with Gasteiger partial charge in [-0.05, 0) is 30.2 Å². The van der Waals surface area contributed by atoms with Crippen LogP contribution in [0.3, 0.4) is 0 Å². The monoisotopic (exact) mass is 365 g/mol. The molecular weight excluding hydrogens is 349 g/mol. The second kappa shape index (κ2) is 7.21. The molecule has 0 fully saturated rings. The van der Waals surface area contributed by atoms with Crippen molar-refractivity contribution in [1.29, 1.82) is 0 Å². The van der Waals surface area contributed by atoms with Crippen molar-refractivity contribution in [2.24, 2.45) is 0 Å². The normalized spacial score (nSPS) is 11.2. The molecule has 0 atom stereocenters. The van der Waals surface area contributed by atoms with Crippen LogP contribution >= 0.6 is 11.8 Å². The summed E-state index contributed by atoms with van der Waals surface area (Å²) < 4.78 is 15.1. The highest BCUT2D eigenvalue weighted by Gasteiger charge is 2.12. The lowest BCUT2D eigenvalue weighted by atomic mass is 10.1. The molecule has 0 unspecified atom stereocenters. The van der Waals surface area contributed by atoms with Gasteiger partial charge < -0.3 is 0 Å². The Morgan fingerprint density at radius 3 is 2.69 bits per heavy atom. The molecule has 0 N–H and O–H groups in total. The third kappa shape index (κ3) is 3.57. The largest absolute Gasteiger partial charge is 0.227 e. The van der Waals surface area contributed by atoms with Gasteiger partial charge in [-0.25, -0.2) is 19.0 Å². The number of aryl methyl sites for hydroxylation is 1. The molecule has 4 aromatic rings. The van der Waals surface area contributed by atoms with E-state index in [-0.39, 0.29) is 5.82 Å². The van der Waals surface area contributed by atoms with Crippen LogP contribution in [0, 0.1) is 12.7 Å². The molecule has 2 aromatic carbocycles. The molecule has 0 spiro atoms. The van der Waals surface area contributed by atoms with Crippen LogP contribution in [0.5, 0.6) is 0 Å². The minimum atomic E-state index is -0.236. The zero-order valence-corrected chi connectivity index (χ0v) is 14.9. The smallest absolute Gasteiger partial charge is 0.183 e. The van der Waals surface area contributed by atoms with E-state index in [0.717, 1.165) is 16.2 Å². The maximum Gasteiger partial charge on any atom is 0.183 e. The van der Waals surface area contributed by atoms with Gasteiger partial charge >= 0.3 is 0 Å². The van der Waals surface area contributed by atoms with E-state index in [4.69, 9.17) is 0 Å². The van der Waals surface area contributed by atoms with E-state index >= 15 is 0 Å². The topological polar surface area (TPSA) is 56.5 Å². The number of fused-ring (bicyclic) bond motifs is 1. The van der Waals surface area contributed by atoms with E-state index in [1.54, 1.807) is 10.7 Å². The molecule has 26 heavy (non-hydrogen) atoms. The van der Waals surface area contributed by atoms with Crippen molar-refractivity contribution in [3.63, 3.8) is 0 Å². The predicted octanol–water partition coefficient (Wildman–Crippen LogP) is 4.01. The molecule has 0 amide bonds. The Labute approximate surface area is 154 Å². The summed E-state index contributed by atoms with van der Waals surface area (Å²) in [6.07, 6.45) is 1.52. The van der Waals surface area contributed by atoms with E-state index in [1.165, 1.54) is 35.8 Å². The first-order valence-electron chi connectivity index (χ1n) is 8.16. The summed E-state index contributed by atoms with van der Waals surface area (Å²) in [7, 11) is 0. The summed E-state index contributed by atoms with van der Waals surface area (Å²) in [6, 6.07) is 14.9. The molecule has 7 heteroatoms. The number of benzene rings is 2. The van der Waals surface area contributed by atoms with Crippen molar-refractivity contribution >= 4 is 22.9 Å². The molecule has 130 valence electrons. The summed E-state index contributed by atoms with van der Waals surface area (Å²) in [5.74, 6) is 0.370. The van der Waals surface area contributed by atoms with Gasteiger partial charge in [-0.3, -0.25) is 0 Å². The van der Waals surface area contributed by atoms with E-state index in [0.29, 0.717) is 23.5 Å². The molecule has 0 aliphatic heterocycles. The zero-order valence-electron chi connectivity index (χ0n) is 14.1. The number of aromatic nitrogens is 5. The van der Waals surface area contributed by atoms with Crippen LogP contribution in [0.1, 0.15) is 16.7 Å². The molecule has 0 aliphatic rings. The Morgan fingerprint density at radius 1 is 1.04 bits per heavy atom. The van der Waals surface area contributed by atoms with Gasteiger partial charge in [-0.15, -0.1) is 5.10 Å². The van der Waals surface area contributed by atoms with Crippen LogP contribution in [0.25, 0.3) is 11.2 Å². The first-order valence-corrected chi connectivity index (χ1v) is 9.14. The first kappa shape index (κ1) is 16.7. The Bertz CT molecular complexity index is 1050. The van der Waals surface area contributed by atoms with Crippen molar-refractivity contribution in [2.75, 3.05) is 0 Å². The van der Waals surface area contributed by atoms with Crippen LogP contribution < -0.4 is 0 Å². The van der Waals surface area contributed by atoms with Crippen molar-refractivity contribution < 1.29 is 4.39 Å². The van der Waals surface area contributed by atoms with Crippen molar-refractivity contribution in [2.45, 2.75) is 24.2 Å². The summed E-state index contributed by atoms with van der Waals surface area (Å²) >= 11 is 1.50. The van der Waals surface area contributed by atoms with Gasteiger partial charge in [-0.2, -0.15) is 0 Å². The molecule has 0 saturated carbocycles. The zero-order chi connectivity index (χ0) is 17.9. The summed E-state index contributed by atoms with van der Waals surface area (Å²) in [4.78, 5) is 8.66. The van der Waals surface area contributed by atoms with Gasteiger partial charge in [-0.1, -0.05) is 58.9 Å². The molecule has 2 heterocycles. The van der Waals surface area contributed by atoms with Gasteiger partial charge in [0, 0.05) is 5.75 Å². The molecule has 5 nitrogen and oxygen atoms in total. The number of hydrogen-bond acceptors (Lipinski definition) is 5. The van der Waals surface area contributed by atoms with Crippen molar-refractivity contribution in [3.8, 4) is 0 Å². The highest BCUT2D eigenvalue weighted by molar-refractivity contribution is 7.98. The maximum absolute atomic E-state index is 13.3. The molecule has 2 aromatic heterocycles. The fourth-order valence-corrected chi connectivity index (χ4v) is 3.50. The average Bonchev–Trinajstić information content (AvgIpc) is 3.05. The van der Waals surface area contributed by atoms with E-state index in [1.807, 2.05) is 6.07 Å². The van der Waals surface area contributed by atoms with Gasteiger partial charge in [0.1, 0.15) is 17.2 Å². The first-order chi connectivity index (χ1) is 12.7. The second-order valence-electron chi connectivity index (χ2n) is 6.00. The minimum Gasteiger partial charge on any atom is -0.227 e. The number of halogens is 1. The highest BCUT2D eigenvalue weighted by Crippen LogP contribution is 2.26. The number of thioether (sulfide) groups is 1. The van der Waals surface area contributed by atoms with Crippen LogP contribution in [0.2, 0.25) is 0 Å². The predicted molar refractivity (Wildman–Crippen MR) is 99.4 cm³/mol. The minimum absolute atomic E-state index is 0.236. The van der Waals surface area contributed by atoms with Gasteiger partial charge in [0.15, 0.2) is 11.2 Å². The summed E-state index contributed by atoms with van der Waals surface area (Å²) in [5.41, 5.74) is 4.61. The van der Waals surface area contributed by atoms with Crippen molar-refractivity contribution in [1.82, 2.24) is 25.0 Å². The van der Waals surface area contributed by atoms with Crippen LogP contribution in [0.4, 0.5) is 4.39 Å². The molecule has 0 bridgehead atoms. The molecule has 4 rings (SSSR count). The van der Waals surface area contributed by atoms with Crippen LogP contribution in [-0.2, 0) is 12.3 Å². The fraction of sp³-hybridized carbons (Fsp3) is 0.158. The number of nitrogens with zero attached hydrogens (tertiary/aromatic N) is 5.